The molecule has 0 unspecified atom stereocenters. The fourth-order valence-corrected chi connectivity index (χ4v) is 1.94. The van der Waals surface area contributed by atoms with Crippen LogP contribution in [-0.4, -0.2) is 38.9 Å². The average molecular weight is 473 g/mol. The van der Waals surface area contributed by atoms with Gasteiger partial charge in [0, 0.05) is 25.3 Å². The maximum atomic E-state index is 12.6. The number of rotatable bonds is 11. The second-order valence-electron chi connectivity index (χ2n) is 4.73. The van der Waals surface area contributed by atoms with Crippen LogP contribution in [0.3, 0.4) is 0 Å². The van der Waals surface area contributed by atoms with Gasteiger partial charge in [0.15, 0.2) is 17.5 Å². The molecule has 0 saturated carbocycles. The molecule has 1 aromatic rings. The summed E-state index contributed by atoms with van der Waals surface area (Å²) in [5.74, 6) is 0.479. The number of nitrogens with two attached hydrogens (primary N) is 1. The maximum absolute atomic E-state index is 12.6. The summed E-state index contributed by atoms with van der Waals surface area (Å²) in [5, 5.41) is 2.94. The van der Waals surface area contributed by atoms with Crippen molar-refractivity contribution in [3.8, 4) is 11.5 Å². The van der Waals surface area contributed by atoms with Crippen LogP contribution in [0.4, 0.5) is 8.78 Å². The Hall–Kier alpha value is -1.36. The minimum Gasteiger partial charge on any atom is -0.490 e. The molecule has 144 valence electrons. The zero-order valence-corrected chi connectivity index (χ0v) is 16.8. The third-order valence-corrected chi connectivity index (χ3v) is 2.96. The summed E-state index contributed by atoms with van der Waals surface area (Å²) in [6, 6.07) is 4.91. The van der Waals surface area contributed by atoms with E-state index in [2.05, 4.69) is 15.0 Å². The lowest BCUT2D eigenvalue weighted by Gasteiger charge is -2.14. The number of benzene rings is 1. The van der Waals surface area contributed by atoms with Gasteiger partial charge in [0.05, 0.1) is 13.2 Å². The third-order valence-electron chi connectivity index (χ3n) is 2.96. The summed E-state index contributed by atoms with van der Waals surface area (Å²) < 4.78 is 40.4. The molecule has 0 fully saturated rings. The van der Waals surface area contributed by atoms with Gasteiger partial charge in [0.1, 0.15) is 0 Å². The fraction of sp³-hybridized carbons (Fsp3) is 0.562. The number of nitrogens with one attached hydrogen (secondary N) is 1. The Balaban J connectivity index is 0.00000576. The van der Waals surface area contributed by atoms with E-state index in [1.54, 1.807) is 25.1 Å². The van der Waals surface area contributed by atoms with E-state index in [0.29, 0.717) is 31.9 Å². The standard InChI is InChI=1S/C16H25F2N3O3.HI/c1-3-22-10-6-9-20-16(19)21-11-12-7-5-8-13(23-4-2)14(12)24-15(17)18;/h5,7-8,15H,3-4,6,9-11H2,1-2H3,(H3,19,20,21);1H. The Morgan fingerprint density at radius 3 is 2.68 bits per heavy atom. The van der Waals surface area contributed by atoms with Gasteiger partial charge in [0.2, 0.25) is 0 Å². The Morgan fingerprint density at radius 1 is 1.28 bits per heavy atom. The SMILES string of the molecule is CCOCCCNC(N)=NCc1cccc(OCC)c1OC(F)F.I. The smallest absolute Gasteiger partial charge is 0.387 e. The lowest BCUT2D eigenvalue weighted by molar-refractivity contribution is -0.0520. The summed E-state index contributed by atoms with van der Waals surface area (Å²) in [5.41, 5.74) is 6.23. The minimum atomic E-state index is -2.94. The van der Waals surface area contributed by atoms with Crippen molar-refractivity contribution >= 4 is 29.9 Å². The summed E-state index contributed by atoms with van der Waals surface area (Å²) in [6.45, 7) is 3.13. The Bertz CT molecular complexity index is 519. The second kappa shape index (κ2) is 13.9. The van der Waals surface area contributed by atoms with Crippen LogP contribution in [0, 0.1) is 0 Å². The fourth-order valence-electron chi connectivity index (χ4n) is 1.94. The number of para-hydroxylation sites is 1. The van der Waals surface area contributed by atoms with Crippen LogP contribution in [0.2, 0.25) is 0 Å². The predicted molar refractivity (Wildman–Crippen MR) is 104 cm³/mol. The van der Waals surface area contributed by atoms with Crippen LogP contribution in [0.25, 0.3) is 0 Å². The van der Waals surface area contributed by atoms with Crippen LogP contribution in [0.15, 0.2) is 23.2 Å². The first-order valence-corrected chi connectivity index (χ1v) is 7.89. The number of halogens is 3. The first kappa shape index (κ1) is 23.6. The summed E-state index contributed by atoms with van der Waals surface area (Å²) in [6.07, 6.45) is 0.795. The van der Waals surface area contributed by atoms with Crippen molar-refractivity contribution in [1.29, 1.82) is 0 Å². The van der Waals surface area contributed by atoms with E-state index in [-0.39, 0.29) is 48.0 Å². The second-order valence-corrected chi connectivity index (χ2v) is 4.73. The monoisotopic (exact) mass is 473 g/mol. The normalized spacial score (nSPS) is 11.2. The van der Waals surface area contributed by atoms with Gasteiger partial charge in [-0.1, -0.05) is 12.1 Å². The van der Waals surface area contributed by atoms with Crippen LogP contribution in [0.1, 0.15) is 25.8 Å². The molecular weight excluding hydrogens is 447 g/mol. The molecule has 0 amide bonds. The highest BCUT2D eigenvalue weighted by atomic mass is 127. The van der Waals surface area contributed by atoms with Gasteiger partial charge in [-0.2, -0.15) is 8.78 Å². The molecule has 6 nitrogen and oxygen atoms in total. The maximum Gasteiger partial charge on any atom is 0.387 e. The Morgan fingerprint density at radius 2 is 2.04 bits per heavy atom. The van der Waals surface area contributed by atoms with Crippen molar-refractivity contribution in [1.82, 2.24) is 5.32 Å². The first-order chi connectivity index (χ1) is 11.6. The minimum absolute atomic E-state index is 0. The van der Waals surface area contributed by atoms with E-state index >= 15 is 0 Å². The summed E-state index contributed by atoms with van der Waals surface area (Å²) in [7, 11) is 0. The van der Waals surface area contributed by atoms with Crippen molar-refractivity contribution in [2.75, 3.05) is 26.4 Å². The highest BCUT2D eigenvalue weighted by molar-refractivity contribution is 14.0. The van der Waals surface area contributed by atoms with E-state index in [1.165, 1.54) is 0 Å². The number of guanidine groups is 1. The van der Waals surface area contributed by atoms with Gasteiger partial charge >= 0.3 is 6.61 Å². The highest BCUT2D eigenvalue weighted by Crippen LogP contribution is 2.33. The number of hydrogen-bond donors (Lipinski definition) is 2. The zero-order valence-electron chi connectivity index (χ0n) is 14.5. The molecule has 0 bridgehead atoms. The van der Waals surface area contributed by atoms with Gasteiger partial charge in [-0.05, 0) is 26.3 Å². The van der Waals surface area contributed by atoms with Crippen molar-refractivity contribution in [2.45, 2.75) is 33.4 Å². The molecule has 0 spiro atoms. The molecule has 0 atom stereocenters. The molecule has 0 radical (unpaired) electrons. The number of alkyl halides is 2. The van der Waals surface area contributed by atoms with E-state index in [4.69, 9.17) is 15.2 Å². The molecule has 1 aromatic carbocycles. The lowest BCUT2D eigenvalue weighted by Crippen LogP contribution is -2.32. The zero-order chi connectivity index (χ0) is 17.8. The number of nitrogens with zero attached hydrogens (tertiary/aromatic N) is 1. The first-order valence-electron chi connectivity index (χ1n) is 7.89. The summed E-state index contributed by atoms with van der Waals surface area (Å²) in [4.78, 5) is 4.14. The van der Waals surface area contributed by atoms with Gasteiger partial charge in [-0.25, -0.2) is 4.99 Å². The van der Waals surface area contributed by atoms with Gasteiger partial charge in [0.25, 0.3) is 0 Å². The van der Waals surface area contributed by atoms with Crippen LogP contribution in [-0.2, 0) is 11.3 Å². The topological polar surface area (TPSA) is 78.1 Å². The molecule has 0 aliphatic heterocycles. The van der Waals surface area contributed by atoms with Crippen molar-refractivity contribution in [3.63, 3.8) is 0 Å². The van der Waals surface area contributed by atoms with Gasteiger partial charge in [-0.15, -0.1) is 24.0 Å². The highest BCUT2D eigenvalue weighted by Gasteiger charge is 2.15. The number of ether oxygens (including phenoxy) is 3. The van der Waals surface area contributed by atoms with Gasteiger partial charge in [-0.3, -0.25) is 0 Å². The van der Waals surface area contributed by atoms with Crippen LogP contribution in [0.5, 0.6) is 11.5 Å². The quantitative estimate of drug-likeness (QED) is 0.224. The van der Waals surface area contributed by atoms with E-state index in [1.807, 2.05) is 6.92 Å². The average Bonchev–Trinajstić information content (AvgIpc) is 2.54. The van der Waals surface area contributed by atoms with Crippen molar-refractivity contribution in [3.05, 3.63) is 23.8 Å². The molecule has 0 saturated heterocycles. The molecule has 0 aliphatic carbocycles. The molecule has 0 heterocycles. The molecule has 3 N–H and O–H groups in total. The Kier molecular flexibility index (Phi) is 13.1. The molecule has 0 aliphatic rings. The molecule has 0 aromatic heterocycles. The van der Waals surface area contributed by atoms with Crippen LogP contribution >= 0.6 is 24.0 Å². The van der Waals surface area contributed by atoms with E-state index < -0.39 is 6.61 Å². The van der Waals surface area contributed by atoms with Gasteiger partial charge < -0.3 is 25.3 Å². The number of aliphatic imine (C=N–C) groups is 1. The number of hydrogen-bond acceptors (Lipinski definition) is 4. The molecule has 1 rings (SSSR count). The Labute approximate surface area is 164 Å². The lowest BCUT2D eigenvalue weighted by atomic mass is 10.2. The molecule has 9 heteroatoms. The van der Waals surface area contributed by atoms with Crippen molar-refractivity contribution < 1.29 is 23.0 Å². The predicted octanol–water partition coefficient (Wildman–Crippen LogP) is 3.14. The molecule has 25 heavy (non-hydrogen) atoms. The van der Waals surface area contributed by atoms with Crippen molar-refractivity contribution in [2.24, 2.45) is 10.7 Å². The van der Waals surface area contributed by atoms with Crippen LogP contribution < -0.4 is 20.5 Å². The third kappa shape index (κ3) is 9.63. The molecular formula is C16H26F2IN3O3. The van der Waals surface area contributed by atoms with E-state index in [0.717, 1.165) is 6.42 Å². The largest absolute Gasteiger partial charge is 0.490 e. The van der Waals surface area contributed by atoms with E-state index in [9.17, 15) is 8.78 Å². The summed E-state index contributed by atoms with van der Waals surface area (Å²) >= 11 is 0.